The highest BCUT2D eigenvalue weighted by Gasteiger charge is 2.32. The number of amides is 1. The molecule has 132 valence electrons. The van der Waals surface area contributed by atoms with Crippen molar-refractivity contribution in [1.82, 2.24) is 5.32 Å². The molecule has 2 atom stereocenters. The number of fused-ring (bicyclic) bond motifs is 3. The molecule has 0 radical (unpaired) electrons. The number of hydrogen-bond acceptors (Lipinski definition) is 3. The van der Waals surface area contributed by atoms with Crippen molar-refractivity contribution in [2.75, 3.05) is 6.61 Å². The highest BCUT2D eigenvalue weighted by atomic mass is 16.5. The summed E-state index contributed by atoms with van der Waals surface area (Å²) in [6.07, 6.45) is 3.31. The first-order valence-corrected chi connectivity index (χ1v) is 8.66. The van der Waals surface area contributed by atoms with Gasteiger partial charge in [-0.2, -0.15) is 0 Å². The van der Waals surface area contributed by atoms with Crippen molar-refractivity contribution >= 4 is 12.1 Å². The predicted molar refractivity (Wildman–Crippen MR) is 96.9 cm³/mol. The molecule has 0 bridgehead atoms. The average molecular weight is 349 g/mol. The van der Waals surface area contributed by atoms with E-state index in [1.165, 1.54) is 11.1 Å². The lowest BCUT2D eigenvalue weighted by Crippen LogP contribution is -2.40. The lowest BCUT2D eigenvalue weighted by Gasteiger charge is -2.18. The minimum absolute atomic E-state index is 0.0115. The van der Waals surface area contributed by atoms with E-state index < -0.39 is 24.0 Å². The fourth-order valence-corrected chi connectivity index (χ4v) is 3.83. The summed E-state index contributed by atoms with van der Waals surface area (Å²) in [6, 6.07) is 15.7. The van der Waals surface area contributed by atoms with Crippen LogP contribution in [-0.2, 0) is 9.53 Å². The summed E-state index contributed by atoms with van der Waals surface area (Å²) in [4.78, 5) is 23.4. The van der Waals surface area contributed by atoms with E-state index in [2.05, 4.69) is 29.6 Å². The fraction of sp³-hybridized carbons (Fsp3) is 0.238. The number of benzene rings is 2. The van der Waals surface area contributed by atoms with Gasteiger partial charge in [0, 0.05) is 5.92 Å². The van der Waals surface area contributed by atoms with Crippen molar-refractivity contribution in [3.05, 3.63) is 71.8 Å². The smallest absolute Gasteiger partial charge is 0.407 e. The van der Waals surface area contributed by atoms with Crippen LogP contribution < -0.4 is 5.32 Å². The van der Waals surface area contributed by atoms with E-state index in [0.29, 0.717) is 6.42 Å². The topological polar surface area (TPSA) is 75.6 Å². The van der Waals surface area contributed by atoms with Crippen LogP contribution in [0.2, 0.25) is 0 Å². The summed E-state index contributed by atoms with van der Waals surface area (Å²) >= 11 is 0. The molecule has 2 N–H and O–H groups in total. The number of carboxylic acids is 1. The van der Waals surface area contributed by atoms with E-state index in [1.54, 1.807) is 12.2 Å². The van der Waals surface area contributed by atoms with Gasteiger partial charge < -0.3 is 15.2 Å². The van der Waals surface area contributed by atoms with E-state index in [1.807, 2.05) is 24.3 Å². The molecule has 0 fully saturated rings. The number of aliphatic carboxylic acids is 1. The van der Waals surface area contributed by atoms with Crippen molar-refractivity contribution in [3.63, 3.8) is 0 Å². The Hall–Kier alpha value is -3.08. The third-order valence-corrected chi connectivity index (χ3v) is 5.11. The molecule has 5 heteroatoms. The summed E-state index contributed by atoms with van der Waals surface area (Å²) in [5.74, 6) is -1.56. The molecule has 0 aromatic heterocycles. The first kappa shape index (κ1) is 16.4. The SMILES string of the molecule is O=C(N[C@@H]1C=CC[C@@H]1C(=O)O)OCC1c2ccccc2-c2ccccc21. The van der Waals surface area contributed by atoms with E-state index >= 15 is 0 Å². The molecular formula is C21H19NO4. The van der Waals surface area contributed by atoms with Crippen molar-refractivity contribution in [2.45, 2.75) is 18.4 Å². The van der Waals surface area contributed by atoms with Crippen LogP contribution in [-0.4, -0.2) is 29.8 Å². The van der Waals surface area contributed by atoms with Crippen LogP contribution in [0.3, 0.4) is 0 Å². The van der Waals surface area contributed by atoms with Gasteiger partial charge in [0.1, 0.15) is 6.61 Å². The molecule has 26 heavy (non-hydrogen) atoms. The van der Waals surface area contributed by atoms with Gasteiger partial charge in [0.2, 0.25) is 0 Å². The maximum Gasteiger partial charge on any atom is 0.407 e. The molecule has 0 unspecified atom stereocenters. The van der Waals surface area contributed by atoms with Crippen LogP contribution in [0, 0.1) is 5.92 Å². The number of alkyl carbamates (subject to hydrolysis) is 1. The molecule has 2 aromatic rings. The first-order valence-electron chi connectivity index (χ1n) is 8.66. The Morgan fingerprint density at radius 2 is 1.65 bits per heavy atom. The predicted octanol–water partition coefficient (Wildman–Crippen LogP) is 3.55. The summed E-state index contributed by atoms with van der Waals surface area (Å²) < 4.78 is 5.45. The third-order valence-electron chi connectivity index (χ3n) is 5.11. The van der Waals surface area contributed by atoms with Gasteiger partial charge in [-0.05, 0) is 28.7 Å². The Bertz CT molecular complexity index is 844. The van der Waals surface area contributed by atoms with E-state index in [0.717, 1.165) is 11.1 Å². The van der Waals surface area contributed by atoms with Gasteiger partial charge in [-0.25, -0.2) is 4.79 Å². The second kappa shape index (κ2) is 6.67. The Morgan fingerprint density at radius 3 is 2.27 bits per heavy atom. The Morgan fingerprint density at radius 1 is 1.04 bits per heavy atom. The van der Waals surface area contributed by atoms with Crippen molar-refractivity contribution < 1.29 is 19.4 Å². The first-order chi connectivity index (χ1) is 12.6. The zero-order chi connectivity index (χ0) is 18.1. The molecule has 2 aliphatic carbocycles. The zero-order valence-electron chi connectivity index (χ0n) is 14.1. The molecule has 0 saturated heterocycles. The van der Waals surface area contributed by atoms with Crippen LogP contribution in [0.4, 0.5) is 4.79 Å². The van der Waals surface area contributed by atoms with Crippen LogP contribution in [0.5, 0.6) is 0 Å². The van der Waals surface area contributed by atoms with Gasteiger partial charge in [0.05, 0.1) is 12.0 Å². The Kier molecular flexibility index (Phi) is 4.21. The average Bonchev–Trinajstić information content (AvgIpc) is 3.23. The van der Waals surface area contributed by atoms with Crippen molar-refractivity contribution in [3.8, 4) is 11.1 Å². The highest BCUT2D eigenvalue weighted by Crippen LogP contribution is 2.44. The van der Waals surface area contributed by atoms with Gasteiger partial charge in [-0.1, -0.05) is 60.7 Å². The van der Waals surface area contributed by atoms with Crippen LogP contribution >= 0.6 is 0 Å². The lowest BCUT2D eigenvalue weighted by molar-refractivity contribution is -0.141. The van der Waals surface area contributed by atoms with Gasteiger partial charge in [0.25, 0.3) is 0 Å². The molecule has 0 spiro atoms. The van der Waals surface area contributed by atoms with Gasteiger partial charge in [-0.3, -0.25) is 4.79 Å². The van der Waals surface area contributed by atoms with Crippen molar-refractivity contribution in [2.24, 2.45) is 5.92 Å². The van der Waals surface area contributed by atoms with E-state index in [9.17, 15) is 14.7 Å². The van der Waals surface area contributed by atoms with E-state index in [-0.39, 0.29) is 12.5 Å². The van der Waals surface area contributed by atoms with Crippen LogP contribution in [0.1, 0.15) is 23.5 Å². The molecule has 2 aliphatic rings. The number of carbonyl (C=O) groups is 2. The maximum absolute atomic E-state index is 12.2. The molecule has 4 rings (SSSR count). The maximum atomic E-state index is 12.2. The number of nitrogens with one attached hydrogen (secondary N) is 1. The zero-order valence-corrected chi connectivity index (χ0v) is 14.1. The minimum Gasteiger partial charge on any atom is -0.481 e. The summed E-state index contributed by atoms with van der Waals surface area (Å²) in [5, 5.41) is 11.8. The van der Waals surface area contributed by atoms with Gasteiger partial charge in [0.15, 0.2) is 0 Å². The normalized spacial score (nSPS) is 20.5. The summed E-state index contributed by atoms with van der Waals surface area (Å²) in [7, 11) is 0. The number of carboxylic acid groups (broad SMARTS) is 1. The van der Waals surface area contributed by atoms with Gasteiger partial charge in [-0.15, -0.1) is 0 Å². The minimum atomic E-state index is -0.918. The molecule has 1 amide bonds. The molecule has 5 nitrogen and oxygen atoms in total. The number of hydrogen-bond donors (Lipinski definition) is 2. The number of ether oxygens (including phenoxy) is 1. The fourth-order valence-electron chi connectivity index (χ4n) is 3.83. The van der Waals surface area contributed by atoms with Crippen LogP contribution in [0.15, 0.2) is 60.7 Å². The molecule has 0 heterocycles. The second-order valence-corrected chi connectivity index (χ2v) is 6.60. The Balaban J connectivity index is 1.46. The third kappa shape index (κ3) is 2.86. The highest BCUT2D eigenvalue weighted by molar-refractivity contribution is 5.79. The summed E-state index contributed by atoms with van der Waals surface area (Å²) in [6.45, 7) is 0.216. The van der Waals surface area contributed by atoms with Gasteiger partial charge >= 0.3 is 12.1 Å². The van der Waals surface area contributed by atoms with Crippen LogP contribution in [0.25, 0.3) is 11.1 Å². The molecule has 2 aromatic carbocycles. The lowest BCUT2D eigenvalue weighted by atomic mass is 9.98. The van der Waals surface area contributed by atoms with Crippen molar-refractivity contribution in [1.29, 1.82) is 0 Å². The quantitative estimate of drug-likeness (QED) is 0.828. The molecular weight excluding hydrogens is 330 g/mol. The number of rotatable bonds is 4. The monoisotopic (exact) mass is 349 g/mol. The molecule has 0 aliphatic heterocycles. The summed E-state index contributed by atoms with van der Waals surface area (Å²) in [5.41, 5.74) is 4.62. The second-order valence-electron chi connectivity index (χ2n) is 6.60. The Labute approximate surface area is 151 Å². The largest absolute Gasteiger partial charge is 0.481 e. The molecule has 0 saturated carbocycles. The standard InChI is InChI=1S/C21H19NO4/c23-20(24)17-10-5-11-19(17)22-21(25)26-12-18-15-8-3-1-6-13(15)14-7-2-4-9-16(14)18/h1-9,11,17-19H,10,12H2,(H,22,25)(H,23,24)/t17-,19+/m0/s1. The van der Waals surface area contributed by atoms with E-state index in [4.69, 9.17) is 4.74 Å². The number of carbonyl (C=O) groups excluding carboxylic acids is 1. The number of allylic oxidation sites excluding steroid dienone is 1.